The first-order chi connectivity index (χ1) is 15.1. The molecule has 0 spiro atoms. The van der Waals surface area contributed by atoms with E-state index < -0.39 is 0 Å². The molecule has 3 aromatic rings. The van der Waals surface area contributed by atoms with Crippen LogP contribution in [0.15, 0.2) is 42.5 Å². The number of carbonyl (C=O) groups is 1. The molecule has 4 rings (SSSR count). The number of likely N-dealkylation sites (tertiary alicyclic amines) is 1. The number of nitrogens with zero attached hydrogens (tertiary/aromatic N) is 5. The van der Waals surface area contributed by atoms with Gasteiger partial charge in [0.25, 0.3) is 0 Å². The second-order valence-electron chi connectivity index (χ2n) is 7.52. The molecular formula is C22H26N6O3. The number of tetrazole rings is 1. The maximum atomic E-state index is 12.5. The van der Waals surface area contributed by atoms with E-state index in [0.29, 0.717) is 30.4 Å². The molecule has 9 heteroatoms. The molecule has 0 aliphatic carbocycles. The number of amides is 2. The highest BCUT2D eigenvalue weighted by atomic mass is 16.5. The Morgan fingerprint density at radius 1 is 1.03 bits per heavy atom. The number of rotatable bonds is 5. The molecule has 1 aliphatic rings. The average Bonchev–Trinajstić information content (AvgIpc) is 3.30. The van der Waals surface area contributed by atoms with E-state index in [1.807, 2.05) is 54.3 Å². The third-order valence-corrected chi connectivity index (χ3v) is 5.45. The maximum Gasteiger partial charge on any atom is 0.321 e. The topological polar surface area (TPSA) is 94.4 Å². The van der Waals surface area contributed by atoms with Gasteiger partial charge in [-0.15, -0.1) is 10.2 Å². The van der Waals surface area contributed by atoms with Crippen molar-refractivity contribution >= 4 is 11.7 Å². The van der Waals surface area contributed by atoms with Crippen LogP contribution >= 0.6 is 0 Å². The van der Waals surface area contributed by atoms with Crippen molar-refractivity contribution in [2.45, 2.75) is 25.8 Å². The molecule has 2 heterocycles. The Morgan fingerprint density at radius 3 is 2.42 bits per heavy atom. The van der Waals surface area contributed by atoms with Gasteiger partial charge in [0.2, 0.25) is 5.82 Å². The zero-order valence-electron chi connectivity index (χ0n) is 17.9. The van der Waals surface area contributed by atoms with Crippen LogP contribution in [0.4, 0.5) is 10.5 Å². The van der Waals surface area contributed by atoms with Gasteiger partial charge in [-0.1, -0.05) is 17.7 Å². The number of hydrogen-bond donors (Lipinski definition) is 1. The number of aryl methyl sites for hydroxylation is 1. The van der Waals surface area contributed by atoms with Gasteiger partial charge in [-0.05, 0) is 55.3 Å². The molecule has 1 fully saturated rings. The number of benzene rings is 2. The predicted octanol–water partition coefficient (Wildman–Crippen LogP) is 3.53. The zero-order valence-corrected chi connectivity index (χ0v) is 17.9. The minimum absolute atomic E-state index is 0.0835. The van der Waals surface area contributed by atoms with Crippen molar-refractivity contribution in [3.05, 3.63) is 48.0 Å². The number of nitrogens with one attached hydrogen (secondary N) is 1. The Balaban J connectivity index is 1.37. The van der Waals surface area contributed by atoms with Crippen LogP contribution in [0.2, 0.25) is 0 Å². The molecule has 2 amide bonds. The molecule has 31 heavy (non-hydrogen) atoms. The standard InChI is InChI=1S/C22H26N6O3/c1-15-4-7-17(8-5-15)23-22(29)27-12-10-18(11-13-27)28-25-21(24-26-28)16-6-9-19(30-2)20(14-16)31-3/h4-9,14,18H,10-13H2,1-3H3,(H,23,29). The van der Waals surface area contributed by atoms with Gasteiger partial charge in [0.1, 0.15) is 0 Å². The van der Waals surface area contributed by atoms with E-state index in [9.17, 15) is 4.79 Å². The first-order valence-corrected chi connectivity index (χ1v) is 10.2. The Labute approximate surface area is 181 Å². The lowest BCUT2D eigenvalue weighted by atomic mass is 10.1. The summed E-state index contributed by atoms with van der Waals surface area (Å²) < 4.78 is 10.6. The summed E-state index contributed by atoms with van der Waals surface area (Å²) in [6, 6.07) is 13.3. The largest absolute Gasteiger partial charge is 0.493 e. The number of piperidine rings is 1. The highest BCUT2D eigenvalue weighted by molar-refractivity contribution is 5.89. The van der Waals surface area contributed by atoms with Crippen molar-refractivity contribution in [1.29, 1.82) is 0 Å². The number of methoxy groups -OCH3 is 2. The Hall–Kier alpha value is -3.62. The molecule has 2 aromatic carbocycles. The number of aromatic nitrogens is 4. The van der Waals surface area contributed by atoms with Crippen LogP contribution in [-0.2, 0) is 0 Å². The fraction of sp³-hybridized carbons (Fsp3) is 0.364. The summed E-state index contributed by atoms with van der Waals surface area (Å²) in [6.45, 7) is 3.29. The molecule has 0 atom stereocenters. The normalized spacial score (nSPS) is 14.4. The van der Waals surface area contributed by atoms with Crippen molar-refractivity contribution in [3.63, 3.8) is 0 Å². The summed E-state index contributed by atoms with van der Waals surface area (Å²) in [7, 11) is 3.19. The summed E-state index contributed by atoms with van der Waals surface area (Å²) in [4.78, 5) is 16.0. The number of urea groups is 1. The van der Waals surface area contributed by atoms with Crippen molar-refractivity contribution in [1.82, 2.24) is 25.1 Å². The first-order valence-electron chi connectivity index (χ1n) is 10.2. The van der Waals surface area contributed by atoms with Crippen LogP contribution < -0.4 is 14.8 Å². The van der Waals surface area contributed by atoms with Crippen LogP contribution in [0.25, 0.3) is 11.4 Å². The van der Waals surface area contributed by atoms with E-state index in [-0.39, 0.29) is 12.1 Å². The number of carbonyl (C=O) groups excluding carboxylic acids is 1. The SMILES string of the molecule is COc1ccc(-c2nnn(C3CCN(C(=O)Nc4ccc(C)cc4)CC3)n2)cc1OC. The minimum Gasteiger partial charge on any atom is -0.493 e. The first kappa shape index (κ1) is 20.6. The van der Waals surface area contributed by atoms with Gasteiger partial charge in [-0.25, -0.2) is 4.79 Å². The third kappa shape index (κ3) is 4.60. The predicted molar refractivity (Wildman–Crippen MR) is 116 cm³/mol. The lowest BCUT2D eigenvalue weighted by molar-refractivity contribution is 0.175. The maximum absolute atomic E-state index is 12.5. The molecule has 0 radical (unpaired) electrons. The van der Waals surface area contributed by atoms with E-state index in [1.54, 1.807) is 19.0 Å². The van der Waals surface area contributed by atoms with E-state index >= 15 is 0 Å². The molecule has 0 unspecified atom stereocenters. The molecule has 0 bridgehead atoms. The van der Waals surface area contributed by atoms with Gasteiger partial charge < -0.3 is 19.7 Å². The highest BCUT2D eigenvalue weighted by Gasteiger charge is 2.26. The van der Waals surface area contributed by atoms with Gasteiger partial charge in [-0.3, -0.25) is 0 Å². The molecule has 162 valence electrons. The van der Waals surface area contributed by atoms with Gasteiger partial charge >= 0.3 is 6.03 Å². The van der Waals surface area contributed by atoms with Crippen LogP contribution in [0.5, 0.6) is 11.5 Å². The number of hydrogen-bond acceptors (Lipinski definition) is 6. The zero-order chi connectivity index (χ0) is 21.8. The Bertz CT molecular complexity index is 1040. The Morgan fingerprint density at radius 2 is 1.74 bits per heavy atom. The van der Waals surface area contributed by atoms with Crippen molar-refractivity contribution in [2.24, 2.45) is 0 Å². The number of anilines is 1. The van der Waals surface area contributed by atoms with Gasteiger partial charge in [0.15, 0.2) is 11.5 Å². The molecule has 1 saturated heterocycles. The molecule has 1 aliphatic heterocycles. The second-order valence-corrected chi connectivity index (χ2v) is 7.52. The highest BCUT2D eigenvalue weighted by Crippen LogP contribution is 2.31. The van der Waals surface area contributed by atoms with Crippen LogP contribution in [0.1, 0.15) is 24.4 Å². The van der Waals surface area contributed by atoms with Gasteiger partial charge in [0, 0.05) is 24.3 Å². The lowest BCUT2D eigenvalue weighted by Crippen LogP contribution is -2.41. The molecule has 1 N–H and O–H groups in total. The van der Waals surface area contributed by atoms with Gasteiger partial charge in [0.05, 0.1) is 20.3 Å². The summed E-state index contributed by atoms with van der Waals surface area (Å²) in [5, 5.41) is 16.0. The van der Waals surface area contributed by atoms with Crippen LogP contribution in [0, 0.1) is 6.92 Å². The van der Waals surface area contributed by atoms with Gasteiger partial charge in [-0.2, -0.15) is 4.80 Å². The van der Waals surface area contributed by atoms with Crippen molar-refractivity contribution < 1.29 is 14.3 Å². The van der Waals surface area contributed by atoms with E-state index in [0.717, 1.165) is 29.7 Å². The van der Waals surface area contributed by atoms with E-state index in [2.05, 4.69) is 20.7 Å². The van der Waals surface area contributed by atoms with E-state index in [4.69, 9.17) is 9.47 Å². The summed E-state index contributed by atoms with van der Waals surface area (Å²) in [6.07, 6.45) is 1.53. The molecular weight excluding hydrogens is 396 g/mol. The minimum atomic E-state index is -0.0835. The van der Waals surface area contributed by atoms with Crippen LogP contribution in [0.3, 0.4) is 0 Å². The third-order valence-electron chi connectivity index (χ3n) is 5.45. The summed E-state index contributed by atoms with van der Waals surface area (Å²) in [5.41, 5.74) is 2.76. The summed E-state index contributed by atoms with van der Waals surface area (Å²) >= 11 is 0. The quantitative estimate of drug-likeness (QED) is 0.676. The second kappa shape index (κ2) is 9.03. The van der Waals surface area contributed by atoms with E-state index in [1.165, 1.54) is 0 Å². The summed E-state index contributed by atoms with van der Waals surface area (Å²) in [5.74, 6) is 1.79. The lowest BCUT2D eigenvalue weighted by Gasteiger charge is -2.31. The fourth-order valence-corrected chi connectivity index (χ4v) is 3.61. The van der Waals surface area contributed by atoms with Crippen molar-refractivity contribution in [2.75, 3.05) is 32.6 Å². The molecule has 0 saturated carbocycles. The smallest absolute Gasteiger partial charge is 0.321 e. The number of ether oxygens (including phenoxy) is 2. The monoisotopic (exact) mass is 422 g/mol. The van der Waals surface area contributed by atoms with Crippen molar-refractivity contribution in [3.8, 4) is 22.9 Å². The fourth-order valence-electron chi connectivity index (χ4n) is 3.61. The van der Waals surface area contributed by atoms with Crippen LogP contribution in [-0.4, -0.2) is 58.4 Å². The average molecular weight is 422 g/mol. The Kier molecular flexibility index (Phi) is 6.01. The molecule has 1 aromatic heterocycles. The molecule has 9 nitrogen and oxygen atoms in total.